The van der Waals surface area contributed by atoms with E-state index in [-0.39, 0.29) is 29.8 Å². The van der Waals surface area contributed by atoms with Gasteiger partial charge in [-0.3, -0.25) is 19.8 Å². The Labute approximate surface area is 122 Å². The summed E-state index contributed by atoms with van der Waals surface area (Å²) >= 11 is 4.60. The van der Waals surface area contributed by atoms with Crippen LogP contribution in [-0.2, 0) is 22.7 Å². The molecule has 0 bridgehead atoms. The van der Waals surface area contributed by atoms with Crippen molar-refractivity contribution in [1.82, 2.24) is 10.2 Å². The maximum absolute atomic E-state index is 12.0. The Morgan fingerprint density at radius 2 is 2.20 bits per heavy atom. The summed E-state index contributed by atoms with van der Waals surface area (Å²) in [6, 6.07) is 5.45. The monoisotopic (exact) mass is 292 g/mol. The third-order valence-electron chi connectivity index (χ3n) is 3.95. The Morgan fingerprint density at radius 1 is 1.40 bits per heavy atom. The Balaban J connectivity index is 1.84. The molecule has 0 aliphatic carbocycles. The molecule has 0 spiro atoms. The number of benzene rings is 1. The van der Waals surface area contributed by atoms with Crippen molar-refractivity contribution in [2.75, 3.05) is 0 Å². The first-order valence-corrected chi connectivity index (χ1v) is 7.12. The molecular weight excluding hydrogens is 276 g/mol. The van der Waals surface area contributed by atoms with E-state index >= 15 is 0 Å². The zero-order valence-electron chi connectivity index (χ0n) is 10.9. The average Bonchev–Trinajstić information content (AvgIpc) is 2.75. The fourth-order valence-corrected chi connectivity index (χ4v) is 3.38. The molecule has 1 saturated heterocycles. The summed E-state index contributed by atoms with van der Waals surface area (Å²) in [7, 11) is 0. The molecule has 106 valence electrons. The number of rotatable bonds is 2. The fraction of sp³-hybridized carbons (Fsp3) is 0.429. The van der Waals surface area contributed by atoms with Gasteiger partial charge in [0.05, 0.1) is 18.0 Å². The summed E-state index contributed by atoms with van der Waals surface area (Å²) in [5.74, 6) is -0.447. The number of aliphatic hydroxyl groups is 1. The molecule has 1 aromatic rings. The number of nitrogens with zero attached hydrogens (tertiary/aromatic N) is 1. The van der Waals surface area contributed by atoms with Crippen LogP contribution in [0, 0.1) is 0 Å². The van der Waals surface area contributed by atoms with Crippen LogP contribution in [0.2, 0.25) is 0 Å². The molecule has 2 amide bonds. The van der Waals surface area contributed by atoms with E-state index in [9.17, 15) is 14.7 Å². The number of amides is 2. The zero-order chi connectivity index (χ0) is 14.3. The van der Waals surface area contributed by atoms with Crippen molar-refractivity contribution in [3.05, 3.63) is 34.9 Å². The van der Waals surface area contributed by atoms with E-state index in [1.54, 1.807) is 0 Å². The highest BCUT2D eigenvalue weighted by atomic mass is 32.1. The number of carbonyl (C=O) groups excluding carboxylic acids is 2. The smallest absolute Gasteiger partial charge is 0.243 e. The van der Waals surface area contributed by atoms with E-state index in [0.717, 1.165) is 16.7 Å². The number of hydrogen-bond donors (Lipinski definition) is 3. The van der Waals surface area contributed by atoms with Gasteiger partial charge in [0.25, 0.3) is 0 Å². The standard InChI is InChI=1S/C14H16N2O3S/c17-7-8-1-2-10-9(5-8)6-16(14(10)20)11-3-4-12(18)15-13(11)19/h1-2,5,11,14,17,20H,3-4,6-7H2,(H,15,18,19). The first-order chi connectivity index (χ1) is 9.60. The van der Waals surface area contributed by atoms with Gasteiger partial charge in [-0.05, 0) is 23.1 Å². The second-order valence-electron chi connectivity index (χ2n) is 5.20. The molecular formula is C14H16N2O3S. The second kappa shape index (κ2) is 5.20. The van der Waals surface area contributed by atoms with E-state index < -0.39 is 0 Å². The third kappa shape index (κ3) is 2.24. The lowest BCUT2D eigenvalue weighted by Crippen LogP contribution is -2.51. The molecule has 2 heterocycles. The molecule has 2 atom stereocenters. The number of imide groups is 1. The Hall–Kier alpha value is -1.37. The maximum Gasteiger partial charge on any atom is 0.243 e. The number of hydrogen-bond acceptors (Lipinski definition) is 5. The molecule has 20 heavy (non-hydrogen) atoms. The van der Waals surface area contributed by atoms with Crippen LogP contribution in [-0.4, -0.2) is 27.9 Å². The summed E-state index contributed by atoms with van der Waals surface area (Å²) in [6.45, 7) is 0.618. The van der Waals surface area contributed by atoms with E-state index in [1.165, 1.54) is 0 Å². The topological polar surface area (TPSA) is 69.6 Å². The highest BCUT2D eigenvalue weighted by molar-refractivity contribution is 7.80. The van der Waals surface area contributed by atoms with Gasteiger partial charge < -0.3 is 5.11 Å². The normalized spacial score (nSPS) is 26.5. The number of nitrogens with one attached hydrogen (secondary N) is 1. The SMILES string of the molecule is O=C1CCC(N2Cc3cc(CO)ccc3C2S)C(=O)N1. The molecule has 2 aliphatic rings. The van der Waals surface area contributed by atoms with Crippen molar-refractivity contribution in [2.24, 2.45) is 0 Å². The van der Waals surface area contributed by atoms with Crippen molar-refractivity contribution >= 4 is 24.4 Å². The summed E-state index contributed by atoms with van der Waals surface area (Å²) in [5.41, 5.74) is 3.01. The van der Waals surface area contributed by atoms with Crippen molar-refractivity contribution in [3.63, 3.8) is 0 Å². The van der Waals surface area contributed by atoms with Crippen LogP contribution >= 0.6 is 12.6 Å². The van der Waals surface area contributed by atoms with Gasteiger partial charge in [0.15, 0.2) is 0 Å². The number of aliphatic hydroxyl groups excluding tert-OH is 1. The van der Waals surface area contributed by atoms with Crippen LogP contribution < -0.4 is 5.32 Å². The highest BCUT2D eigenvalue weighted by Crippen LogP contribution is 2.39. The quantitative estimate of drug-likeness (QED) is 0.555. The molecule has 0 radical (unpaired) electrons. The lowest BCUT2D eigenvalue weighted by Gasteiger charge is -2.32. The Kier molecular flexibility index (Phi) is 3.54. The minimum atomic E-state index is -0.319. The largest absolute Gasteiger partial charge is 0.392 e. The molecule has 0 saturated carbocycles. The van der Waals surface area contributed by atoms with Crippen LogP contribution in [0.1, 0.15) is 34.9 Å². The Morgan fingerprint density at radius 3 is 2.90 bits per heavy atom. The summed E-state index contributed by atoms with van der Waals surface area (Å²) in [4.78, 5) is 25.2. The van der Waals surface area contributed by atoms with Crippen molar-refractivity contribution in [3.8, 4) is 0 Å². The fourth-order valence-electron chi connectivity index (χ4n) is 2.89. The van der Waals surface area contributed by atoms with E-state index in [4.69, 9.17) is 0 Å². The van der Waals surface area contributed by atoms with Gasteiger partial charge in [0.1, 0.15) is 0 Å². The summed E-state index contributed by atoms with van der Waals surface area (Å²) in [5, 5.41) is 11.4. The lowest BCUT2D eigenvalue weighted by molar-refractivity contribution is -0.137. The highest BCUT2D eigenvalue weighted by Gasteiger charge is 2.38. The minimum absolute atomic E-state index is 0.00291. The predicted octanol–water partition coefficient (Wildman–Crippen LogP) is 0.728. The predicted molar refractivity (Wildman–Crippen MR) is 75.8 cm³/mol. The molecule has 2 aliphatic heterocycles. The van der Waals surface area contributed by atoms with Gasteiger partial charge in [0.2, 0.25) is 11.8 Å². The third-order valence-corrected chi connectivity index (χ3v) is 4.52. The number of carbonyl (C=O) groups is 2. The molecule has 1 fully saturated rings. The molecule has 0 aromatic heterocycles. The molecule has 2 unspecified atom stereocenters. The van der Waals surface area contributed by atoms with Crippen LogP contribution in [0.15, 0.2) is 18.2 Å². The Bertz CT molecular complexity index is 576. The first kappa shape index (κ1) is 13.6. The number of fused-ring (bicyclic) bond motifs is 1. The number of thiol groups is 1. The lowest BCUT2D eigenvalue weighted by atomic mass is 10.0. The number of piperidine rings is 1. The van der Waals surface area contributed by atoms with Gasteiger partial charge in [-0.15, -0.1) is 0 Å². The first-order valence-electron chi connectivity index (χ1n) is 6.60. The van der Waals surface area contributed by atoms with Crippen molar-refractivity contribution in [1.29, 1.82) is 0 Å². The van der Waals surface area contributed by atoms with Crippen LogP contribution in [0.4, 0.5) is 0 Å². The minimum Gasteiger partial charge on any atom is -0.392 e. The van der Waals surface area contributed by atoms with Crippen molar-refractivity contribution < 1.29 is 14.7 Å². The molecule has 3 rings (SSSR count). The van der Waals surface area contributed by atoms with Gasteiger partial charge in [-0.2, -0.15) is 12.6 Å². The molecule has 6 heteroatoms. The zero-order valence-corrected chi connectivity index (χ0v) is 11.8. The van der Waals surface area contributed by atoms with Crippen LogP contribution in [0.3, 0.4) is 0 Å². The summed E-state index contributed by atoms with van der Waals surface area (Å²) < 4.78 is 0. The van der Waals surface area contributed by atoms with E-state index in [0.29, 0.717) is 19.4 Å². The summed E-state index contributed by atoms with van der Waals surface area (Å²) in [6.07, 6.45) is 0.897. The van der Waals surface area contributed by atoms with Crippen LogP contribution in [0.5, 0.6) is 0 Å². The van der Waals surface area contributed by atoms with Gasteiger partial charge >= 0.3 is 0 Å². The van der Waals surface area contributed by atoms with Gasteiger partial charge in [-0.1, -0.05) is 18.2 Å². The van der Waals surface area contributed by atoms with Gasteiger partial charge in [-0.25, -0.2) is 0 Å². The average molecular weight is 292 g/mol. The van der Waals surface area contributed by atoms with Gasteiger partial charge in [0, 0.05) is 13.0 Å². The van der Waals surface area contributed by atoms with Crippen LogP contribution in [0.25, 0.3) is 0 Å². The molecule has 1 aromatic carbocycles. The molecule has 2 N–H and O–H groups in total. The second-order valence-corrected chi connectivity index (χ2v) is 5.69. The van der Waals surface area contributed by atoms with E-state index in [2.05, 4.69) is 17.9 Å². The van der Waals surface area contributed by atoms with Crippen molar-refractivity contribution in [2.45, 2.75) is 37.4 Å². The molecule has 5 nitrogen and oxygen atoms in total. The maximum atomic E-state index is 12.0. The van der Waals surface area contributed by atoms with E-state index in [1.807, 2.05) is 23.1 Å².